The van der Waals surface area contributed by atoms with Crippen molar-refractivity contribution >= 4 is 32.6 Å². The van der Waals surface area contributed by atoms with Crippen molar-refractivity contribution in [1.82, 2.24) is 4.98 Å². The Morgan fingerprint density at radius 1 is 1.38 bits per heavy atom. The molecule has 0 bridgehead atoms. The van der Waals surface area contributed by atoms with Crippen molar-refractivity contribution < 1.29 is 19.0 Å². The zero-order valence-corrected chi connectivity index (χ0v) is 15.0. The number of fused-ring (bicyclic) bond motifs is 1. The molecule has 1 aliphatic rings. The molecule has 1 aliphatic heterocycles. The first-order valence-corrected chi connectivity index (χ1v) is 8.93. The monoisotopic (exact) mass is 350 g/mol. The van der Waals surface area contributed by atoms with Crippen molar-refractivity contribution in [3.63, 3.8) is 0 Å². The predicted molar refractivity (Wildman–Crippen MR) is 94.3 cm³/mol. The van der Waals surface area contributed by atoms with E-state index in [1.165, 1.54) is 11.3 Å². The SMILES string of the molecule is CCC(=O)N(C[C@@H]1CCCO1)c1nc2c(OC)ccc(OC)c2s1. The number of hydrogen-bond acceptors (Lipinski definition) is 6. The highest BCUT2D eigenvalue weighted by molar-refractivity contribution is 7.22. The van der Waals surface area contributed by atoms with E-state index >= 15 is 0 Å². The number of hydrogen-bond donors (Lipinski definition) is 0. The zero-order chi connectivity index (χ0) is 17.1. The zero-order valence-electron chi connectivity index (χ0n) is 14.2. The molecule has 0 aliphatic carbocycles. The summed E-state index contributed by atoms with van der Waals surface area (Å²) in [6, 6.07) is 3.69. The molecule has 0 radical (unpaired) electrons. The third-order valence-electron chi connectivity index (χ3n) is 4.14. The van der Waals surface area contributed by atoms with E-state index in [0.717, 1.165) is 35.4 Å². The molecule has 2 heterocycles. The minimum atomic E-state index is 0.0440. The lowest BCUT2D eigenvalue weighted by Gasteiger charge is -2.22. The smallest absolute Gasteiger partial charge is 0.228 e. The lowest BCUT2D eigenvalue weighted by molar-refractivity contribution is -0.118. The third kappa shape index (κ3) is 3.18. The average molecular weight is 350 g/mol. The Hall–Kier alpha value is -1.86. The number of benzene rings is 1. The highest BCUT2D eigenvalue weighted by Gasteiger charge is 2.26. The van der Waals surface area contributed by atoms with Crippen LogP contribution < -0.4 is 14.4 Å². The molecule has 1 atom stereocenters. The van der Waals surface area contributed by atoms with Gasteiger partial charge in [0.15, 0.2) is 5.13 Å². The second-order valence-corrected chi connectivity index (χ2v) is 6.61. The molecule has 24 heavy (non-hydrogen) atoms. The van der Waals surface area contributed by atoms with E-state index in [9.17, 15) is 4.79 Å². The van der Waals surface area contributed by atoms with Crippen LogP contribution in [0.4, 0.5) is 5.13 Å². The van der Waals surface area contributed by atoms with Crippen LogP contribution in [0.2, 0.25) is 0 Å². The van der Waals surface area contributed by atoms with Crippen LogP contribution in [0.15, 0.2) is 12.1 Å². The Bertz CT molecular complexity index is 684. The summed E-state index contributed by atoms with van der Waals surface area (Å²) < 4.78 is 17.4. The van der Waals surface area contributed by atoms with Gasteiger partial charge >= 0.3 is 0 Å². The number of methoxy groups -OCH3 is 2. The summed E-state index contributed by atoms with van der Waals surface area (Å²) in [4.78, 5) is 18.9. The van der Waals surface area contributed by atoms with Gasteiger partial charge < -0.3 is 14.2 Å². The number of amides is 1. The molecule has 1 aromatic carbocycles. The molecule has 2 aromatic rings. The van der Waals surface area contributed by atoms with Crippen molar-refractivity contribution in [3.05, 3.63) is 12.1 Å². The first kappa shape index (κ1) is 17.0. The van der Waals surface area contributed by atoms with Crippen molar-refractivity contribution in [2.75, 3.05) is 32.3 Å². The van der Waals surface area contributed by atoms with Gasteiger partial charge in [0.05, 0.1) is 26.9 Å². The van der Waals surface area contributed by atoms with Gasteiger partial charge in [-0.15, -0.1) is 0 Å². The number of aromatic nitrogens is 1. The number of nitrogens with zero attached hydrogens (tertiary/aromatic N) is 2. The molecule has 1 amide bonds. The van der Waals surface area contributed by atoms with E-state index in [1.807, 2.05) is 19.1 Å². The molecule has 3 rings (SSSR count). The fourth-order valence-electron chi connectivity index (χ4n) is 2.86. The molecular weight excluding hydrogens is 328 g/mol. The van der Waals surface area contributed by atoms with Gasteiger partial charge in [-0.25, -0.2) is 4.98 Å². The second kappa shape index (κ2) is 7.36. The van der Waals surface area contributed by atoms with Crippen LogP contribution in [-0.2, 0) is 9.53 Å². The van der Waals surface area contributed by atoms with Crippen LogP contribution in [0, 0.1) is 0 Å². The number of thiazole rings is 1. The lowest BCUT2D eigenvalue weighted by atomic mass is 10.2. The minimum Gasteiger partial charge on any atom is -0.495 e. The largest absolute Gasteiger partial charge is 0.495 e. The Balaban J connectivity index is 2.01. The molecular formula is C17H22N2O4S. The fraction of sp³-hybridized carbons (Fsp3) is 0.529. The second-order valence-electron chi connectivity index (χ2n) is 5.64. The number of carbonyl (C=O) groups excluding carboxylic acids is 1. The van der Waals surface area contributed by atoms with E-state index in [4.69, 9.17) is 14.2 Å². The van der Waals surface area contributed by atoms with E-state index in [-0.39, 0.29) is 12.0 Å². The molecule has 1 aromatic heterocycles. The molecule has 0 spiro atoms. The number of anilines is 1. The van der Waals surface area contributed by atoms with Crippen LogP contribution in [0.5, 0.6) is 11.5 Å². The molecule has 0 saturated carbocycles. The van der Waals surface area contributed by atoms with Crippen LogP contribution in [-0.4, -0.2) is 44.4 Å². The summed E-state index contributed by atoms with van der Waals surface area (Å²) >= 11 is 1.45. The van der Waals surface area contributed by atoms with Crippen molar-refractivity contribution in [2.24, 2.45) is 0 Å². The van der Waals surface area contributed by atoms with Crippen molar-refractivity contribution in [1.29, 1.82) is 0 Å². The highest BCUT2D eigenvalue weighted by atomic mass is 32.1. The van der Waals surface area contributed by atoms with Gasteiger partial charge in [-0.1, -0.05) is 18.3 Å². The van der Waals surface area contributed by atoms with Crippen molar-refractivity contribution in [3.8, 4) is 11.5 Å². The van der Waals surface area contributed by atoms with Gasteiger partial charge in [0.25, 0.3) is 0 Å². The summed E-state index contributed by atoms with van der Waals surface area (Å²) in [5, 5.41) is 0.662. The van der Waals surface area contributed by atoms with Gasteiger partial charge in [0.1, 0.15) is 21.7 Å². The molecule has 0 unspecified atom stereocenters. The van der Waals surface area contributed by atoms with Crippen LogP contribution in [0.1, 0.15) is 26.2 Å². The Morgan fingerprint density at radius 2 is 2.12 bits per heavy atom. The van der Waals surface area contributed by atoms with Crippen LogP contribution in [0.25, 0.3) is 10.2 Å². The molecule has 7 heteroatoms. The van der Waals surface area contributed by atoms with Gasteiger partial charge in [-0.3, -0.25) is 9.69 Å². The van der Waals surface area contributed by atoms with E-state index < -0.39 is 0 Å². The molecule has 0 N–H and O–H groups in total. The number of ether oxygens (including phenoxy) is 3. The minimum absolute atomic E-state index is 0.0440. The van der Waals surface area contributed by atoms with Gasteiger partial charge in [0, 0.05) is 13.0 Å². The Labute approximate surface area is 145 Å². The van der Waals surface area contributed by atoms with Crippen LogP contribution >= 0.6 is 11.3 Å². The maximum Gasteiger partial charge on any atom is 0.228 e. The van der Waals surface area contributed by atoms with E-state index in [0.29, 0.717) is 23.8 Å². The highest BCUT2D eigenvalue weighted by Crippen LogP contribution is 2.40. The summed E-state index contributed by atoms with van der Waals surface area (Å²) in [6.45, 7) is 3.16. The third-order valence-corrected chi connectivity index (χ3v) is 5.24. The van der Waals surface area contributed by atoms with E-state index in [1.54, 1.807) is 19.1 Å². The van der Waals surface area contributed by atoms with Gasteiger partial charge in [-0.05, 0) is 25.0 Å². The quantitative estimate of drug-likeness (QED) is 0.800. The Morgan fingerprint density at radius 3 is 2.75 bits per heavy atom. The average Bonchev–Trinajstić information content (AvgIpc) is 3.27. The predicted octanol–water partition coefficient (Wildman–Crippen LogP) is 3.24. The first-order chi connectivity index (χ1) is 11.7. The van der Waals surface area contributed by atoms with Gasteiger partial charge in [-0.2, -0.15) is 0 Å². The fourth-order valence-corrected chi connectivity index (χ4v) is 3.96. The summed E-state index contributed by atoms with van der Waals surface area (Å²) in [5.74, 6) is 1.45. The van der Waals surface area contributed by atoms with Crippen LogP contribution in [0.3, 0.4) is 0 Å². The number of rotatable bonds is 6. The maximum atomic E-state index is 12.5. The Kier molecular flexibility index (Phi) is 5.20. The summed E-state index contributed by atoms with van der Waals surface area (Å²) in [7, 11) is 3.24. The topological polar surface area (TPSA) is 60.9 Å². The summed E-state index contributed by atoms with van der Waals surface area (Å²) in [6.07, 6.45) is 2.53. The molecule has 1 fully saturated rings. The molecule has 130 valence electrons. The molecule has 6 nitrogen and oxygen atoms in total. The standard InChI is InChI=1S/C17H22N2O4S/c1-4-14(20)19(10-11-6-5-9-23-11)17-18-15-12(21-2)7-8-13(22-3)16(15)24-17/h7-8,11H,4-6,9-10H2,1-3H3/t11-/m0/s1. The first-order valence-electron chi connectivity index (χ1n) is 8.11. The normalized spacial score (nSPS) is 17.2. The van der Waals surface area contributed by atoms with Crippen molar-refractivity contribution in [2.45, 2.75) is 32.3 Å². The number of carbonyl (C=O) groups is 1. The van der Waals surface area contributed by atoms with E-state index in [2.05, 4.69) is 4.98 Å². The molecule has 1 saturated heterocycles. The maximum absolute atomic E-state index is 12.5. The summed E-state index contributed by atoms with van der Waals surface area (Å²) in [5.41, 5.74) is 0.720. The lowest BCUT2D eigenvalue weighted by Crippen LogP contribution is -2.37. The van der Waals surface area contributed by atoms with Gasteiger partial charge in [0.2, 0.25) is 5.91 Å².